The maximum absolute atomic E-state index is 5.88. The highest BCUT2D eigenvalue weighted by molar-refractivity contribution is 5.22. The molecule has 0 amide bonds. The Morgan fingerprint density at radius 1 is 1.27 bits per heavy atom. The zero-order chi connectivity index (χ0) is 11.3. The molecule has 0 aliphatic rings. The van der Waals surface area contributed by atoms with Crippen LogP contribution in [0, 0.1) is 6.92 Å². The summed E-state index contributed by atoms with van der Waals surface area (Å²) in [5.41, 5.74) is -0.363. The molecule has 0 bridgehead atoms. The third kappa shape index (κ3) is 3.24. The fourth-order valence-electron chi connectivity index (χ4n) is 1.61. The maximum Gasteiger partial charge on any atom is 0.129 e. The first kappa shape index (κ1) is 12.1. The lowest BCUT2D eigenvalue weighted by molar-refractivity contribution is -0.0512. The van der Waals surface area contributed by atoms with Crippen molar-refractivity contribution in [1.82, 2.24) is 0 Å². The van der Waals surface area contributed by atoms with Gasteiger partial charge in [0.05, 0.1) is 6.10 Å². The van der Waals surface area contributed by atoms with E-state index < -0.39 is 0 Å². The molecule has 1 rings (SSSR count). The van der Waals surface area contributed by atoms with Crippen molar-refractivity contribution < 1.29 is 9.47 Å². The van der Waals surface area contributed by atoms with Gasteiger partial charge in [-0.05, 0) is 32.4 Å². The van der Waals surface area contributed by atoms with Crippen LogP contribution in [0.15, 0.2) is 30.3 Å². The van der Waals surface area contributed by atoms with Gasteiger partial charge in [-0.1, -0.05) is 25.1 Å². The lowest BCUT2D eigenvalue weighted by Gasteiger charge is -2.33. The Morgan fingerprint density at radius 2 is 1.87 bits per heavy atom. The Balaban J connectivity index is 2.71. The molecule has 15 heavy (non-hydrogen) atoms. The SMILES string of the molecule is [CH2]CC(OC)C(C)(C)Oc1ccccc1. The summed E-state index contributed by atoms with van der Waals surface area (Å²) in [5, 5.41) is 0. The molecule has 0 fully saturated rings. The molecule has 2 heteroatoms. The normalized spacial score (nSPS) is 13.6. The average molecular weight is 207 g/mol. The summed E-state index contributed by atoms with van der Waals surface area (Å²) in [4.78, 5) is 0. The summed E-state index contributed by atoms with van der Waals surface area (Å²) in [6, 6.07) is 9.76. The number of methoxy groups -OCH3 is 1. The minimum atomic E-state index is -0.363. The molecule has 1 radical (unpaired) electrons. The van der Waals surface area contributed by atoms with E-state index in [1.807, 2.05) is 44.2 Å². The quantitative estimate of drug-likeness (QED) is 0.738. The first-order valence-electron chi connectivity index (χ1n) is 5.16. The van der Waals surface area contributed by atoms with E-state index in [9.17, 15) is 0 Å². The van der Waals surface area contributed by atoms with E-state index in [1.165, 1.54) is 0 Å². The van der Waals surface area contributed by atoms with Crippen molar-refractivity contribution in [3.05, 3.63) is 37.3 Å². The molecule has 0 aliphatic heterocycles. The largest absolute Gasteiger partial charge is 0.485 e. The van der Waals surface area contributed by atoms with Gasteiger partial charge in [0.25, 0.3) is 0 Å². The van der Waals surface area contributed by atoms with E-state index in [0.717, 1.165) is 5.75 Å². The molecule has 1 atom stereocenters. The lowest BCUT2D eigenvalue weighted by Crippen LogP contribution is -2.42. The summed E-state index contributed by atoms with van der Waals surface area (Å²) in [7, 11) is 1.69. The molecule has 1 aromatic rings. The van der Waals surface area contributed by atoms with Gasteiger partial charge in [0.2, 0.25) is 0 Å². The van der Waals surface area contributed by atoms with Crippen LogP contribution in [0.5, 0.6) is 5.75 Å². The molecule has 0 heterocycles. The van der Waals surface area contributed by atoms with Crippen LogP contribution in [0.25, 0.3) is 0 Å². The highest BCUT2D eigenvalue weighted by atomic mass is 16.5. The molecule has 1 aromatic carbocycles. The number of rotatable bonds is 5. The van der Waals surface area contributed by atoms with E-state index in [-0.39, 0.29) is 11.7 Å². The predicted octanol–water partition coefficient (Wildman–Crippen LogP) is 3.08. The number of benzene rings is 1. The van der Waals surface area contributed by atoms with E-state index in [2.05, 4.69) is 6.92 Å². The smallest absolute Gasteiger partial charge is 0.129 e. The Hall–Kier alpha value is -1.02. The van der Waals surface area contributed by atoms with Crippen LogP contribution in [0.2, 0.25) is 0 Å². The molecule has 0 N–H and O–H groups in total. The minimum Gasteiger partial charge on any atom is -0.485 e. The second-order valence-corrected chi connectivity index (χ2v) is 4.03. The second kappa shape index (κ2) is 5.17. The van der Waals surface area contributed by atoms with Crippen LogP contribution in [0.4, 0.5) is 0 Å². The van der Waals surface area contributed by atoms with Gasteiger partial charge < -0.3 is 9.47 Å². The Morgan fingerprint density at radius 3 is 2.33 bits per heavy atom. The standard InChI is InChI=1S/C13H19O2/c1-5-12(14-4)13(2,3)15-11-9-7-6-8-10-11/h6-10,12H,1,5H2,2-4H3. The van der Waals surface area contributed by atoms with Gasteiger partial charge in [-0.15, -0.1) is 0 Å². The fraction of sp³-hybridized carbons (Fsp3) is 0.462. The van der Waals surface area contributed by atoms with E-state index in [0.29, 0.717) is 6.42 Å². The molecule has 0 saturated carbocycles. The van der Waals surface area contributed by atoms with Crippen molar-refractivity contribution in [1.29, 1.82) is 0 Å². The van der Waals surface area contributed by atoms with Gasteiger partial charge in [0.1, 0.15) is 11.4 Å². The number of ether oxygens (including phenoxy) is 2. The van der Waals surface area contributed by atoms with Crippen molar-refractivity contribution in [3.8, 4) is 5.75 Å². The maximum atomic E-state index is 5.88. The summed E-state index contributed by atoms with van der Waals surface area (Å²) in [6.45, 7) is 7.89. The average Bonchev–Trinajstić information content (AvgIpc) is 2.19. The van der Waals surface area contributed by atoms with Crippen LogP contribution < -0.4 is 4.74 Å². The first-order chi connectivity index (χ1) is 7.10. The molecular weight excluding hydrogens is 188 g/mol. The molecule has 0 spiro atoms. The van der Waals surface area contributed by atoms with Crippen molar-refractivity contribution in [3.63, 3.8) is 0 Å². The molecular formula is C13H19O2. The second-order valence-electron chi connectivity index (χ2n) is 4.03. The third-order valence-electron chi connectivity index (χ3n) is 2.45. The van der Waals surface area contributed by atoms with Crippen molar-refractivity contribution in [2.24, 2.45) is 0 Å². The Kier molecular flexibility index (Phi) is 4.15. The zero-order valence-corrected chi connectivity index (χ0v) is 9.69. The van der Waals surface area contributed by atoms with Crippen LogP contribution in [0.3, 0.4) is 0 Å². The van der Waals surface area contributed by atoms with Gasteiger partial charge >= 0.3 is 0 Å². The van der Waals surface area contributed by atoms with Gasteiger partial charge in [0.15, 0.2) is 0 Å². The van der Waals surface area contributed by atoms with Gasteiger partial charge in [-0.3, -0.25) is 0 Å². The molecule has 1 unspecified atom stereocenters. The van der Waals surface area contributed by atoms with Crippen LogP contribution >= 0.6 is 0 Å². The predicted molar refractivity (Wildman–Crippen MR) is 61.9 cm³/mol. The summed E-state index contributed by atoms with van der Waals surface area (Å²) >= 11 is 0. The number of hydrogen-bond donors (Lipinski definition) is 0. The van der Waals surface area contributed by atoms with Crippen LogP contribution in [-0.2, 0) is 4.74 Å². The Bertz CT molecular complexity index is 276. The summed E-state index contributed by atoms with van der Waals surface area (Å²) < 4.78 is 11.2. The molecule has 2 nitrogen and oxygen atoms in total. The highest BCUT2D eigenvalue weighted by Crippen LogP contribution is 2.23. The minimum absolute atomic E-state index is 0.00212. The van der Waals surface area contributed by atoms with Crippen LogP contribution in [0.1, 0.15) is 20.3 Å². The van der Waals surface area contributed by atoms with Gasteiger partial charge in [-0.25, -0.2) is 0 Å². The monoisotopic (exact) mass is 207 g/mol. The van der Waals surface area contributed by atoms with E-state index in [4.69, 9.17) is 9.47 Å². The van der Waals surface area contributed by atoms with Crippen molar-refractivity contribution in [2.45, 2.75) is 32.0 Å². The number of hydrogen-bond acceptors (Lipinski definition) is 2. The van der Waals surface area contributed by atoms with Crippen LogP contribution in [-0.4, -0.2) is 18.8 Å². The van der Waals surface area contributed by atoms with E-state index >= 15 is 0 Å². The van der Waals surface area contributed by atoms with Crippen molar-refractivity contribution >= 4 is 0 Å². The summed E-state index contributed by atoms with van der Waals surface area (Å²) in [5.74, 6) is 0.859. The molecule has 0 aromatic heterocycles. The number of para-hydroxylation sites is 1. The molecule has 83 valence electrons. The van der Waals surface area contributed by atoms with Crippen molar-refractivity contribution in [2.75, 3.05) is 7.11 Å². The molecule has 0 aliphatic carbocycles. The lowest BCUT2D eigenvalue weighted by atomic mass is 9.99. The van der Waals surface area contributed by atoms with Gasteiger partial charge in [-0.2, -0.15) is 0 Å². The summed E-state index contributed by atoms with van der Waals surface area (Å²) in [6.07, 6.45) is 0.689. The fourth-order valence-corrected chi connectivity index (χ4v) is 1.61. The van der Waals surface area contributed by atoms with Gasteiger partial charge in [0, 0.05) is 7.11 Å². The van der Waals surface area contributed by atoms with E-state index in [1.54, 1.807) is 7.11 Å². The third-order valence-corrected chi connectivity index (χ3v) is 2.45. The topological polar surface area (TPSA) is 18.5 Å². The Labute approximate surface area is 92.2 Å². The first-order valence-corrected chi connectivity index (χ1v) is 5.16. The highest BCUT2D eigenvalue weighted by Gasteiger charge is 2.30. The molecule has 0 saturated heterocycles. The zero-order valence-electron chi connectivity index (χ0n) is 9.69.